The molecule has 0 unspecified atom stereocenters. The maximum Gasteiger partial charge on any atom is 0.312 e. The molecular weight excluding hydrogens is 364 g/mol. The molecule has 0 N–H and O–H groups in total. The minimum atomic E-state index is -0.648. The molecule has 0 saturated heterocycles. The van der Waals surface area contributed by atoms with E-state index in [2.05, 4.69) is 5.10 Å². The highest BCUT2D eigenvalue weighted by atomic mass is 35.5. The number of ketones is 1. The highest BCUT2D eigenvalue weighted by Gasteiger charge is 2.42. The summed E-state index contributed by atoms with van der Waals surface area (Å²) in [5.74, 6) is -0.173. The SMILES string of the molecule is COC(=O)C1(CC(=O)Cc2cc(-n3cc(Cl)cn3)ccc2C)CCCCC1. The standard InChI is InChI=1S/C21H25ClN2O3/c1-15-6-7-18(24-14-17(22)13-23-24)10-16(15)11-19(25)12-21(20(26)27-2)8-4-3-5-9-21/h6-7,10,13-14H,3-5,8-9,11-12H2,1-2H3. The molecule has 0 spiro atoms. The number of benzene rings is 1. The van der Waals surface area contributed by atoms with Gasteiger partial charge in [-0.2, -0.15) is 5.10 Å². The molecule has 1 heterocycles. The molecule has 0 bridgehead atoms. The lowest BCUT2D eigenvalue weighted by Gasteiger charge is -2.34. The van der Waals surface area contributed by atoms with E-state index in [1.165, 1.54) is 7.11 Å². The van der Waals surface area contributed by atoms with Crippen LogP contribution in [0.5, 0.6) is 0 Å². The Balaban J connectivity index is 1.78. The van der Waals surface area contributed by atoms with Crippen molar-refractivity contribution in [3.63, 3.8) is 0 Å². The molecule has 6 heteroatoms. The molecule has 1 aromatic heterocycles. The van der Waals surface area contributed by atoms with Crippen LogP contribution >= 0.6 is 11.6 Å². The molecule has 1 aliphatic carbocycles. The van der Waals surface area contributed by atoms with Crippen LogP contribution in [0, 0.1) is 12.3 Å². The van der Waals surface area contributed by atoms with Gasteiger partial charge in [0.15, 0.2) is 0 Å². The second-order valence-corrected chi connectivity index (χ2v) is 7.88. The fraction of sp³-hybridized carbons (Fsp3) is 0.476. The number of Topliss-reactive ketones (excluding diaryl/α,β-unsaturated/α-hetero) is 1. The number of methoxy groups -OCH3 is 1. The second kappa shape index (κ2) is 8.26. The molecule has 0 radical (unpaired) electrons. The lowest BCUT2D eigenvalue weighted by Crippen LogP contribution is -2.37. The van der Waals surface area contributed by atoms with Crippen molar-refractivity contribution in [2.24, 2.45) is 5.41 Å². The molecule has 27 heavy (non-hydrogen) atoms. The van der Waals surface area contributed by atoms with E-state index in [9.17, 15) is 9.59 Å². The summed E-state index contributed by atoms with van der Waals surface area (Å²) < 4.78 is 6.72. The first-order valence-corrected chi connectivity index (χ1v) is 9.71. The van der Waals surface area contributed by atoms with Gasteiger partial charge in [-0.25, -0.2) is 4.68 Å². The predicted octanol–water partition coefficient (Wildman–Crippen LogP) is 4.46. The first-order chi connectivity index (χ1) is 12.9. The van der Waals surface area contributed by atoms with E-state index in [1.54, 1.807) is 17.1 Å². The topological polar surface area (TPSA) is 61.2 Å². The van der Waals surface area contributed by atoms with Crippen LogP contribution in [-0.2, 0) is 20.7 Å². The molecule has 1 saturated carbocycles. The Hall–Kier alpha value is -2.14. The number of rotatable bonds is 6. The summed E-state index contributed by atoms with van der Waals surface area (Å²) in [6.07, 6.45) is 8.37. The van der Waals surface area contributed by atoms with Gasteiger partial charge in [-0.05, 0) is 43.0 Å². The third kappa shape index (κ3) is 4.41. The molecular formula is C21H25ClN2O3. The highest BCUT2D eigenvalue weighted by molar-refractivity contribution is 6.30. The molecule has 1 aromatic carbocycles. The molecule has 0 amide bonds. The first-order valence-electron chi connectivity index (χ1n) is 9.34. The number of aromatic nitrogens is 2. The van der Waals surface area contributed by atoms with Crippen LogP contribution in [0.4, 0.5) is 0 Å². The van der Waals surface area contributed by atoms with Crippen LogP contribution in [0.1, 0.15) is 49.7 Å². The monoisotopic (exact) mass is 388 g/mol. The average Bonchev–Trinajstić information content (AvgIpc) is 3.10. The number of hydrogen-bond acceptors (Lipinski definition) is 4. The van der Waals surface area contributed by atoms with Gasteiger partial charge < -0.3 is 4.74 Å². The van der Waals surface area contributed by atoms with Gasteiger partial charge in [0.1, 0.15) is 5.78 Å². The Kier molecular flexibility index (Phi) is 6.00. The number of halogens is 1. The van der Waals surface area contributed by atoms with Crippen molar-refractivity contribution in [2.75, 3.05) is 7.11 Å². The maximum atomic E-state index is 12.9. The van der Waals surface area contributed by atoms with Gasteiger partial charge in [-0.15, -0.1) is 0 Å². The number of hydrogen-bond donors (Lipinski definition) is 0. The molecule has 144 valence electrons. The van der Waals surface area contributed by atoms with E-state index >= 15 is 0 Å². The predicted molar refractivity (Wildman–Crippen MR) is 104 cm³/mol. The van der Waals surface area contributed by atoms with Gasteiger partial charge in [0.2, 0.25) is 0 Å². The quantitative estimate of drug-likeness (QED) is 0.685. The zero-order chi connectivity index (χ0) is 19.4. The van der Waals surface area contributed by atoms with Crippen molar-refractivity contribution < 1.29 is 14.3 Å². The molecule has 0 aliphatic heterocycles. The molecule has 0 atom stereocenters. The van der Waals surface area contributed by atoms with Crippen LogP contribution in [0.25, 0.3) is 5.69 Å². The van der Waals surface area contributed by atoms with E-state index in [-0.39, 0.29) is 18.2 Å². The zero-order valence-corrected chi connectivity index (χ0v) is 16.6. The van der Waals surface area contributed by atoms with E-state index in [0.717, 1.165) is 48.9 Å². The smallest absolute Gasteiger partial charge is 0.312 e. The Bertz CT molecular complexity index is 838. The van der Waals surface area contributed by atoms with E-state index < -0.39 is 5.41 Å². The third-order valence-electron chi connectivity index (χ3n) is 5.50. The van der Waals surface area contributed by atoms with Gasteiger partial charge in [-0.3, -0.25) is 9.59 Å². The minimum absolute atomic E-state index is 0.0704. The normalized spacial score (nSPS) is 16.1. The van der Waals surface area contributed by atoms with Crippen molar-refractivity contribution >= 4 is 23.4 Å². The number of nitrogens with zero attached hydrogens (tertiary/aromatic N) is 2. The van der Waals surface area contributed by atoms with E-state index in [1.807, 2.05) is 25.1 Å². The highest BCUT2D eigenvalue weighted by Crippen LogP contribution is 2.41. The minimum Gasteiger partial charge on any atom is -0.469 e. The summed E-state index contributed by atoms with van der Waals surface area (Å²) in [4.78, 5) is 25.2. The summed E-state index contributed by atoms with van der Waals surface area (Å²) >= 11 is 5.95. The summed E-state index contributed by atoms with van der Waals surface area (Å²) in [6.45, 7) is 1.99. The lowest BCUT2D eigenvalue weighted by molar-refractivity contribution is -0.157. The Labute approximate surface area is 164 Å². The van der Waals surface area contributed by atoms with Gasteiger partial charge in [0.05, 0.1) is 29.4 Å². The summed E-state index contributed by atoms with van der Waals surface area (Å²) in [7, 11) is 1.41. The zero-order valence-electron chi connectivity index (χ0n) is 15.8. The number of carbonyl (C=O) groups excluding carboxylic acids is 2. The van der Waals surface area contributed by atoms with Crippen molar-refractivity contribution in [1.29, 1.82) is 0 Å². The van der Waals surface area contributed by atoms with Crippen molar-refractivity contribution in [3.05, 3.63) is 46.7 Å². The number of esters is 1. The Morgan fingerprint density at radius 1 is 1.26 bits per heavy atom. The second-order valence-electron chi connectivity index (χ2n) is 7.44. The number of aryl methyl sites for hydroxylation is 1. The fourth-order valence-corrected chi connectivity index (χ4v) is 4.12. The van der Waals surface area contributed by atoms with E-state index in [4.69, 9.17) is 16.3 Å². The fourth-order valence-electron chi connectivity index (χ4n) is 3.98. The summed E-state index contributed by atoms with van der Waals surface area (Å²) in [6, 6.07) is 5.89. The van der Waals surface area contributed by atoms with Crippen LogP contribution in [0.15, 0.2) is 30.6 Å². The summed E-state index contributed by atoms with van der Waals surface area (Å²) in [5.41, 5.74) is 2.20. The third-order valence-corrected chi connectivity index (χ3v) is 5.70. The molecule has 1 aliphatic rings. The molecule has 2 aromatic rings. The molecule has 5 nitrogen and oxygen atoms in total. The Morgan fingerprint density at radius 3 is 2.63 bits per heavy atom. The van der Waals surface area contributed by atoms with Crippen LogP contribution in [0.2, 0.25) is 5.02 Å². The number of carbonyl (C=O) groups is 2. The molecule has 1 fully saturated rings. The van der Waals surface area contributed by atoms with Gasteiger partial charge in [-0.1, -0.05) is 36.9 Å². The summed E-state index contributed by atoms with van der Waals surface area (Å²) in [5, 5.41) is 4.77. The van der Waals surface area contributed by atoms with Crippen LogP contribution < -0.4 is 0 Å². The van der Waals surface area contributed by atoms with Gasteiger partial charge >= 0.3 is 5.97 Å². The average molecular weight is 389 g/mol. The maximum absolute atomic E-state index is 12.9. The number of ether oxygens (including phenoxy) is 1. The van der Waals surface area contributed by atoms with Crippen molar-refractivity contribution in [2.45, 2.75) is 51.9 Å². The molecule has 3 rings (SSSR count). The first kappa shape index (κ1) is 19.6. The van der Waals surface area contributed by atoms with Gasteiger partial charge in [0, 0.05) is 19.0 Å². The Morgan fingerprint density at radius 2 is 2.00 bits per heavy atom. The van der Waals surface area contributed by atoms with E-state index in [0.29, 0.717) is 11.4 Å². The van der Waals surface area contributed by atoms with Crippen molar-refractivity contribution in [1.82, 2.24) is 9.78 Å². The van der Waals surface area contributed by atoms with Crippen molar-refractivity contribution in [3.8, 4) is 5.69 Å². The van der Waals surface area contributed by atoms with Gasteiger partial charge in [0.25, 0.3) is 0 Å². The van der Waals surface area contributed by atoms with Crippen LogP contribution in [0.3, 0.4) is 0 Å². The van der Waals surface area contributed by atoms with Crippen LogP contribution in [-0.4, -0.2) is 28.6 Å². The lowest BCUT2D eigenvalue weighted by atomic mass is 9.70. The largest absolute Gasteiger partial charge is 0.469 e.